The Labute approximate surface area is 116 Å². The van der Waals surface area contributed by atoms with Crippen molar-refractivity contribution in [1.29, 1.82) is 0 Å². The fourth-order valence-electron chi connectivity index (χ4n) is 1.24. The van der Waals surface area contributed by atoms with E-state index in [9.17, 15) is 4.79 Å². The van der Waals surface area contributed by atoms with Crippen LogP contribution in [0.2, 0.25) is 5.02 Å². The molecular weight excluding hydrogens is 320 g/mol. The molecule has 0 unspecified atom stereocenters. The molecule has 1 aromatic carbocycles. The van der Waals surface area contributed by atoms with Crippen LogP contribution in [0.25, 0.3) is 0 Å². The van der Waals surface area contributed by atoms with Crippen LogP contribution in [0.3, 0.4) is 0 Å². The van der Waals surface area contributed by atoms with Crippen LogP contribution in [0.4, 0.5) is 0 Å². The number of amides is 1. The average Bonchev–Trinajstić information content (AvgIpc) is 2.75. The Morgan fingerprint density at radius 2 is 2.39 bits per heavy atom. The lowest BCUT2D eigenvalue weighted by atomic mass is 10.2. The van der Waals surface area contributed by atoms with Crippen molar-refractivity contribution >= 4 is 39.7 Å². The number of halogens is 2. The lowest BCUT2D eigenvalue weighted by Crippen LogP contribution is -2.18. The number of carbonyl (C=O) groups excluding carboxylic acids is 1. The quantitative estimate of drug-likeness (QED) is 0.672. The smallest absolute Gasteiger partial charge is 0.272 e. The second-order valence-corrected chi connectivity index (χ2v) is 4.64. The van der Waals surface area contributed by atoms with Gasteiger partial charge in [0.1, 0.15) is 5.69 Å². The molecule has 1 aromatic heterocycles. The van der Waals surface area contributed by atoms with E-state index in [1.807, 2.05) is 6.07 Å². The van der Waals surface area contributed by atoms with E-state index in [1.165, 1.54) is 12.4 Å². The number of rotatable bonds is 3. The molecule has 0 aliphatic carbocycles. The van der Waals surface area contributed by atoms with E-state index in [0.29, 0.717) is 15.2 Å². The fourth-order valence-corrected chi connectivity index (χ4v) is 1.81. The third-order valence-electron chi connectivity index (χ3n) is 2.05. The first-order chi connectivity index (χ1) is 8.66. The third kappa shape index (κ3) is 3.18. The second kappa shape index (κ2) is 5.79. The van der Waals surface area contributed by atoms with Gasteiger partial charge in [-0.05, 0) is 33.6 Å². The zero-order valence-electron chi connectivity index (χ0n) is 9.02. The molecule has 92 valence electrons. The summed E-state index contributed by atoms with van der Waals surface area (Å²) in [6, 6.07) is 7.13. The van der Waals surface area contributed by atoms with Crippen LogP contribution in [0.5, 0.6) is 0 Å². The molecule has 0 atom stereocenters. The van der Waals surface area contributed by atoms with Crippen molar-refractivity contribution in [2.45, 2.75) is 0 Å². The Hall–Kier alpha value is -1.66. The van der Waals surface area contributed by atoms with E-state index in [0.717, 1.165) is 5.56 Å². The SMILES string of the molecule is O=C(N/N=C\c1cccc(Cl)c1)c1[nH]ncc1Br. The van der Waals surface area contributed by atoms with E-state index in [2.05, 4.69) is 36.7 Å². The molecule has 2 N–H and O–H groups in total. The maximum atomic E-state index is 11.6. The highest BCUT2D eigenvalue weighted by Gasteiger charge is 2.10. The molecule has 0 bridgehead atoms. The molecule has 2 aromatic rings. The van der Waals surface area contributed by atoms with Crippen LogP contribution in [0.15, 0.2) is 40.0 Å². The van der Waals surface area contributed by atoms with E-state index < -0.39 is 0 Å². The number of hydrogen-bond acceptors (Lipinski definition) is 3. The summed E-state index contributed by atoms with van der Waals surface area (Å²) in [6.07, 6.45) is 3.00. The van der Waals surface area contributed by atoms with E-state index in [4.69, 9.17) is 11.6 Å². The minimum Gasteiger partial charge on any atom is -0.272 e. The Morgan fingerprint density at radius 3 is 3.06 bits per heavy atom. The van der Waals surface area contributed by atoms with Crippen LogP contribution >= 0.6 is 27.5 Å². The molecule has 5 nitrogen and oxygen atoms in total. The molecule has 0 aliphatic rings. The molecule has 7 heteroatoms. The molecule has 1 heterocycles. The lowest BCUT2D eigenvalue weighted by molar-refractivity contribution is 0.0949. The normalized spacial score (nSPS) is 10.8. The summed E-state index contributed by atoms with van der Waals surface area (Å²) in [5.41, 5.74) is 3.50. The Bertz CT molecular complexity index is 596. The van der Waals surface area contributed by atoms with Gasteiger partial charge in [-0.1, -0.05) is 23.7 Å². The first-order valence-corrected chi connectivity index (χ1v) is 6.12. The molecular formula is C11H8BrClN4O. The van der Waals surface area contributed by atoms with E-state index in [-0.39, 0.29) is 5.91 Å². The van der Waals surface area contributed by atoms with E-state index >= 15 is 0 Å². The van der Waals surface area contributed by atoms with Crippen LogP contribution in [0, 0.1) is 0 Å². The van der Waals surface area contributed by atoms with Crippen molar-refractivity contribution in [3.05, 3.63) is 51.2 Å². The number of nitrogens with zero attached hydrogens (tertiary/aromatic N) is 2. The first kappa shape index (κ1) is 12.8. The Morgan fingerprint density at radius 1 is 1.56 bits per heavy atom. The summed E-state index contributed by atoms with van der Waals surface area (Å²) in [7, 11) is 0. The minimum atomic E-state index is -0.377. The first-order valence-electron chi connectivity index (χ1n) is 4.94. The van der Waals surface area contributed by atoms with Crippen LogP contribution in [-0.4, -0.2) is 22.3 Å². The van der Waals surface area contributed by atoms with Gasteiger partial charge in [0.05, 0.1) is 16.9 Å². The van der Waals surface area contributed by atoms with E-state index in [1.54, 1.807) is 18.2 Å². The molecule has 0 aliphatic heterocycles. The lowest BCUT2D eigenvalue weighted by Gasteiger charge is -1.97. The number of nitrogens with one attached hydrogen (secondary N) is 2. The van der Waals surface area contributed by atoms with Crippen LogP contribution < -0.4 is 5.43 Å². The summed E-state index contributed by atoms with van der Waals surface area (Å²) in [4.78, 5) is 11.6. The van der Waals surface area contributed by atoms with Crippen molar-refractivity contribution in [3.8, 4) is 0 Å². The molecule has 0 radical (unpaired) electrons. The van der Waals surface area contributed by atoms with Crippen molar-refractivity contribution in [3.63, 3.8) is 0 Å². The van der Waals surface area contributed by atoms with Crippen molar-refractivity contribution in [2.24, 2.45) is 5.10 Å². The van der Waals surface area contributed by atoms with Crippen molar-refractivity contribution < 1.29 is 4.79 Å². The maximum Gasteiger partial charge on any atom is 0.290 e. The number of hydrogen-bond donors (Lipinski definition) is 2. The highest BCUT2D eigenvalue weighted by molar-refractivity contribution is 9.10. The summed E-state index contributed by atoms with van der Waals surface area (Å²) < 4.78 is 0.581. The number of benzene rings is 1. The van der Waals surface area contributed by atoms with Gasteiger partial charge in [0.2, 0.25) is 0 Å². The highest BCUT2D eigenvalue weighted by Crippen LogP contribution is 2.12. The Kier molecular flexibility index (Phi) is 4.11. The maximum absolute atomic E-state index is 11.6. The second-order valence-electron chi connectivity index (χ2n) is 3.35. The van der Waals surface area contributed by atoms with Gasteiger partial charge in [-0.2, -0.15) is 10.2 Å². The van der Waals surface area contributed by atoms with Gasteiger partial charge in [-0.15, -0.1) is 0 Å². The van der Waals surface area contributed by atoms with Crippen LogP contribution in [-0.2, 0) is 0 Å². The Balaban J connectivity index is 2.00. The zero-order valence-corrected chi connectivity index (χ0v) is 11.4. The third-order valence-corrected chi connectivity index (χ3v) is 2.88. The van der Waals surface area contributed by atoms with Crippen molar-refractivity contribution in [1.82, 2.24) is 15.6 Å². The summed E-state index contributed by atoms with van der Waals surface area (Å²) >= 11 is 9.01. The summed E-state index contributed by atoms with van der Waals surface area (Å²) in [5, 5.41) is 10.7. The number of aromatic nitrogens is 2. The average molecular weight is 328 g/mol. The minimum absolute atomic E-state index is 0.318. The monoisotopic (exact) mass is 326 g/mol. The van der Waals surface area contributed by atoms with Gasteiger partial charge in [-0.25, -0.2) is 5.43 Å². The number of carbonyl (C=O) groups is 1. The number of hydrazone groups is 1. The molecule has 2 rings (SSSR count). The van der Waals surface area contributed by atoms with Gasteiger partial charge in [0.15, 0.2) is 0 Å². The zero-order chi connectivity index (χ0) is 13.0. The molecule has 18 heavy (non-hydrogen) atoms. The molecule has 0 spiro atoms. The molecule has 0 fully saturated rings. The summed E-state index contributed by atoms with van der Waals surface area (Å²) in [5.74, 6) is -0.377. The predicted octanol–water partition coefficient (Wildman–Crippen LogP) is 2.59. The highest BCUT2D eigenvalue weighted by atomic mass is 79.9. The topological polar surface area (TPSA) is 70.1 Å². The number of H-pyrrole nitrogens is 1. The van der Waals surface area contributed by atoms with Crippen molar-refractivity contribution in [2.75, 3.05) is 0 Å². The van der Waals surface area contributed by atoms with Gasteiger partial charge in [0, 0.05) is 5.02 Å². The molecule has 0 saturated heterocycles. The standard InChI is InChI=1S/C11H8BrClN4O/c12-9-6-15-16-10(9)11(18)17-14-5-7-2-1-3-8(13)4-7/h1-6H,(H,15,16)(H,17,18)/b14-5-. The van der Waals surface area contributed by atoms with Gasteiger partial charge < -0.3 is 0 Å². The molecule has 0 saturated carbocycles. The largest absolute Gasteiger partial charge is 0.290 e. The van der Waals surface area contributed by atoms with Gasteiger partial charge >= 0.3 is 0 Å². The molecule has 1 amide bonds. The fraction of sp³-hybridized carbons (Fsp3) is 0. The van der Waals surface area contributed by atoms with Crippen LogP contribution in [0.1, 0.15) is 16.1 Å². The van der Waals surface area contributed by atoms with Gasteiger partial charge in [-0.3, -0.25) is 9.89 Å². The predicted molar refractivity (Wildman–Crippen MR) is 72.8 cm³/mol. The van der Waals surface area contributed by atoms with Gasteiger partial charge in [0.25, 0.3) is 5.91 Å². The summed E-state index contributed by atoms with van der Waals surface area (Å²) in [6.45, 7) is 0. The number of aromatic amines is 1.